The fraction of sp³-hybridized carbons (Fsp3) is 0.818. The van der Waals surface area contributed by atoms with Crippen molar-refractivity contribution in [3.05, 3.63) is 11.3 Å². The zero-order valence-corrected chi connectivity index (χ0v) is 13.1. The van der Waals surface area contributed by atoms with Crippen molar-refractivity contribution in [3.8, 4) is 0 Å². The lowest BCUT2D eigenvalue weighted by molar-refractivity contribution is 0.648. The summed E-state index contributed by atoms with van der Waals surface area (Å²) in [5.41, 5.74) is 4.09. The van der Waals surface area contributed by atoms with Gasteiger partial charge in [0.2, 0.25) is 0 Å². The van der Waals surface area contributed by atoms with Gasteiger partial charge in [0.25, 0.3) is 0 Å². The van der Waals surface area contributed by atoms with Crippen LogP contribution in [0.2, 0.25) is 19.6 Å². The van der Waals surface area contributed by atoms with E-state index in [1.807, 2.05) is 0 Å². The van der Waals surface area contributed by atoms with Gasteiger partial charge in [0.15, 0.2) is 0 Å². The highest BCUT2D eigenvalue weighted by Gasteiger charge is 2.25. The second-order valence-corrected chi connectivity index (χ2v) is 19.9. The molecule has 0 amide bonds. The monoisotopic (exact) mass is 229 g/mol. The Bertz CT molecular complexity index is 188. The van der Waals surface area contributed by atoms with Gasteiger partial charge in [-0.05, 0) is 20.0 Å². The third kappa shape index (κ3) is 6.57. The van der Waals surface area contributed by atoms with Crippen molar-refractivity contribution >= 4 is 15.9 Å². The lowest BCUT2D eigenvalue weighted by atomic mass is 10.4. The molecule has 0 aromatic carbocycles. The van der Waals surface area contributed by atoms with Crippen molar-refractivity contribution in [3.63, 3.8) is 0 Å². The highest BCUT2D eigenvalue weighted by molar-refractivity contribution is 7.33. The van der Waals surface area contributed by atoms with Crippen LogP contribution in [0.4, 0.5) is 0 Å². The number of nitrogens with one attached hydrogen (secondary N) is 1. The maximum atomic E-state index is 3.61. The van der Waals surface area contributed by atoms with Gasteiger partial charge in [0.05, 0.1) is 8.31 Å². The van der Waals surface area contributed by atoms with E-state index in [0.29, 0.717) is 6.04 Å². The predicted octanol–water partition coefficient (Wildman–Crippen LogP) is 2.67. The average molecular weight is 230 g/mol. The Hall–Kier alpha value is 0.134. The maximum absolute atomic E-state index is 3.61. The molecule has 1 nitrogen and oxygen atoms in total. The van der Waals surface area contributed by atoms with Gasteiger partial charge >= 0.3 is 0 Å². The summed E-state index contributed by atoms with van der Waals surface area (Å²) in [6.45, 7) is 16.4. The van der Waals surface area contributed by atoms with Gasteiger partial charge < -0.3 is 5.32 Å². The summed E-state index contributed by atoms with van der Waals surface area (Å²) in [6, 6.07) is 0.631. The van der Waals surface area contributed by atoms with E-state index in [-0.39, 0.29) is 0 Å². The van der Waals surface area contributed by atoms with Crippen LogP contribution < -0.4 is 5.32 Å². The second-order valence-electron chi connectivity index (χ2n) is 5.78. The van der Waals surface area contributed by atoms with Crippen LogP contribution in [0, 0.1) is 0 Å². The fourth-order valence-corrected chi connectivity index (χ4v) is 8.83. The molecule has 0 aliphatic heterocycles. The van der Waals surface area contributed by atoms with Gasteiger partial charge in [-0.1, -0.05) is 39.1 Å². The number of hydrogen-bond donors (Lipinski definition) is 1. The topological polar surface area (TPSA) is 12.0 Å². The normalized spacial score (nSPS) is 14.3. The summed E-state index contributed by atoms with van der Waals surface area (Å²) in [5, 5.41) is 3.61. The fourth-order valence-electron chi connectivity index (χ4n) is 1.38. The Morgan fingerprint density at radius 2 is 1.79 bits per heavy atom. The lowest BCUT2D eigenvalue weighted by Gasteiger charge is -2.26. The van der Waals surface area contributed by atoms with Gasteiger partial charge in [0.1, 0.15) is 0 Å². The molecule has 0 fully saturated rings. The quantitative estimate of drug-likeness (QED) is 0.715. The molecule has 0 radical (unpaired) electrons. The van der Waals surface area contributed by atoms with Crippen LogP contribution in [0.1, 0.15) is 27.7 Å². The molecular weight excluding hydrogens is 202 g/mol. The Labute approximate surface area is 92.4 Å². The van der Waals surface area contributed by atoms with Crippen molar-refractivity contribution in [2.45, 2.75) is 53.4 Å². The van der Waals surface area contributed by atoms with Crippen LogP contribution in [0.5, 0.6) is 0 Å². The summed E-state index contributed by atoms with van der Waals surface area (Å²) in [7, 11) is -1.59. The van der Waals surface area contributed by atoms with E-state index in [1.54, 1.807) is 0 Å². The molecule has 14 heavy (non-hydrogen) atoms. The number of rotatable bonds is 5. The molecule has 84 valence electrons. The van der Waals surface area contributed by atoms with Crippen LogP contribution in [0.3, 0.4) is 0 Å². The molecule has 0 saturated carbocycles. The molecule has 1 atom stereocenters. The van der Waals surface area contributed by atoms with Gasteiger partial charge in [0, 0.05) is 13.6 Å². The molecule has 0 saturated heterocycles. The second kappa shape index (κ2) is 5.88. The molecule has 1 unspecified atom stereocenters. The summed E-state index contributed by atoms with van der Waals surface area (Å²) in [4.78, 5) is 0. The summed E-state index contributed by atoms with van der Waals surface area (Å²) >= 11 is 0. The van der Waals surface area contributed by atoms with Gasteiger partial charge in [-0.15, -0.1) is 5.70 Å². The zero-order valence-electron chi connectivity index (χ0n) is 10.9. The predicted molar refractivity (Wildman–Crippen MR) is 73.1 cm³/mol. The molecule has 0 aliphatic rings. The van der Waals surface area contributed by atoms with E-state index >= 15 is 0 Å². The molecule has 0 aromatic rings. The van der Waals surface area contributed by atoms with E-state index in [1.165, 1.54) is 11.7 Å². The standard InChI is InChI=1S/C11H27NSi2/c1-10(2)8-13(14(5,6)7)9-12-11(3)4/h8,11-13H,9H2,1-7H3. The van der Waals surface area contributed by atoms with E-state index in [9.17, 15) is 0 Å². The molecule has 0 aromatic heterocycles. The van der Waals surface area contributed by atoms with E-state index in [4.69, 9.17) is 0 Å². The number of hydrogen-bond acceptors (Lipinski definition) is 1. The lowest BCUT2D eigenvalue weighted by Crippen LogP contribution is -2.50. The summed E-state index contributed by atoms with van der Waals surface area (Å²) < 4.78 is 0. The minimum absolute atomic E-state index is 0.631. The first-order chi connectivity index (χ1) is 6.23. The van der Waals surface area contributed by atoms with Crippen molar-refractivity contribution < 1.29 is 0 Å². The van der Waals surface area contributed by atoms with Crippen LogP contribution >= 0.6 is 0 Å². The highest BCUT2D eigenvalue weighted by Crippen LogP contribution is 2.09. The first-order valence-corrected chi connectivity index (χ1v) is 12.4. The van der Waals surface area contributed by atoms with E-state index in [0.717, 1.165) is 0 Å². The van der Waals surface area contributed by atoms with Crippen molar-refractivity contribution in [2.24, 2.45) is 0 Å². The Kier molecular flexibility index (Phi) is 5.94. The van der Waals surface area contributed by atoms with E-state index < -0.39 is 15.9 Å². The van der Waals surface area contributed by atoms with Crippen LogP contribution in [-0.2, 0) is 0 Å². The summed E-state index contributed by atoms with van der Waals surface area (Å²) in [5.74, 6) is 0. The smallest absolute Gasteiger partial charge is 0.0701 e. The first-order valence-electron chi connectivity index (χ1n) is 5.62. The van der Waals surface area contributed by atoms with Gasteiger partial charge in [-0.25, -0.2) is 0 Å². The molecule has 0 spiro atoms. The van der Waals surface area contributed by atoms with Crippen LogP contribution in [-0.4, -0.2) is 28.1 Å². The Morgan fingerprint density at radius 1 is 1.29 bits per heavy atom. The SMILES string of the molecule is CC(C)=C[SiH](CNC(C)C)[Si](C)(C)C. The summed E-state index contributed by atoms with van der Waals surface area (Å²) in [6.07, 6.45) is 1.28. The molecule has 0 aliphatic carbocycles. The third-order valence-corrected chi connectivity index (χ3v) is 14.1. The van der Waals surface area contributed by atoms with Crippen LogP contribution in [0.15, 0.2) is 11.3 Å². The third-order valence-electron chi connectivity index (χ3n) is 2.39. The van der Waals surface area contributed by atoms with Crippen LogP contribution in [0.25, 0.3) is 0 Å². The number of allylic oxidation sites excluding steroid dienone is 1. The molecule has 0 bridgehead atoms. The minimum Gasteiger partial charge on any atom is -0.317 e. The van der Waals surface area contributed by atoms with Crippen molar-refractivity contribution in [2.75, 3.05) is 6.17 Å². The van der Waals surface area contributed by atoms with Gasteiger partial charge in [-0.3, -0.25) is 0 Å². The molecule has 1 N–H and O–H groups in total. The Balaban J connectivity index is 4.35. The molecule has 3 heteroatoms. The van der Waals surface area contributed by atoms with E-state index in [2.05, 4.69) is 58.4 Å². The molecule has 0 heterocycles. The van der Waals surface area contributed by atoms with Crippen molar-refractivity contribution in [1.29, 1.82) is 0 Å². The minimum atomic E-state index is -0.916. The first kappa shape index (κ1) is 14.1. The van der Waals surface area contributed by atoms with Crippen molar-refractivity contribution in [1.82, 2.24) is 5.32 Å². The maximum Gasteiger partial charge on any atom is 0.0701 e. The highest BCUT2D eigenvalue weighted by atomic mass is 29.2. The average Bonchev–Trinajstić information content (AvgIpc) is 1.94. The largest absolute Gasteiger partial charge is 0.317 e. The molecular formula is C11H27NSi2. The van der Waals surface area contributed by atoms with Gasteiger partial charge in [-0.2, -0.15) is 0 Å². The Morgan fingerprint density at radius 3 is 2.07 bits per heavy atom. The zero-order chi connectivity index (χ0) is 11.4. The molecule has 0 rings (SSSR count).